The zero-order valence-electron chi connectivity index (χ0n) is 12.2. The average Bonchev–Trinajstić information content (AvgIpc) is 2.90. The fourth-order valence-electron chi connectivity index (χ4n) is 2.40. The molecule has 0 bridgehead atoms. The van der Waals surface area contributed by atoms with Crippen LogP contribution in [0.25, 0.3) is 0 Å². The summed E-state index contributed by atoms with van der Waals surface area (Å²) >= 11 is 0. The Morgan fingerprint density at radius 2 is 1.79 bits per heavy atom. The second-order valence-corrected chi connectivity index (χ2v) is 5.31. The maximum Gasteiger partial charge on any atom is 0.306 e. The molecule has 0 aromatic heterocycles. The zero-order valence-corrected chi connectivity index (χ0v) is 12.2. The lowest BCUT2D eigenvalue weighted by Gasteiger charge is -2.19. The molecule has 0 aromatic carbocycles. The van der Waals surface area contributed by atoms with Crippen molar-refractivity contribution in [1.29, 1.82) is 0 Å². The third kappa shape index (κ3) is 6.60. The van der Waals surface area contributed by atoms with E-state index in [0.29, 0.717) is 12.5 Å². The van der Waals surface area contributed by atoms with E-state index in [9.17, 15) is 9.59 Å². The van der Waals surface area contributed by atoms with Crippen LogP contribution in [0, 0.1) is 5.92 Å². The van der Waals surface area contributed by atoms with Crippen molar-refractivity contribution in [3.8, 4) is 0 Å². The van der Waals surface area contributed by atoms with Crippen LogP contribution < -0.4 is 0 Å². The Hall–Kier alpha value is -1.06. The molecule has 0 saturated heterocycles. The summed E-state index contributed by atoms with van der Waals surface area (Å²) < 4.78 is 10.4. The van der Waals surface area contributed by atoms with E-state index in [-0.39, 0.29) is 30.9 Å². The molecule has 0 aliphatic heterocycles. The van der Waals surface area contributed by atoms with Gasteiger partial charge in [0, 0.05) is 0 Å². The van der Waals surface area contributed by atoms with E-state index in [1.54, 1.807) is 0 Å². The number of ether oxygens (including phenoxy) is 2. The Labute approximate surface area is 115 Å². The number of hydrogen-bond donors (Lipinski definition) is 0. The van der Waals surface area contributed by atoms with Gasteiger partial charge in [-0.15, -0.1) is 0 Å². The van der Waals surface area contributed by atoms with Gasteiger partial charge in [-0.3, -0.25) is 9.59 Å². The van der Waals surface area contributed by atoms with E-state index in [2.05, 4.69) is 0 Å². The third-order valence-electron chi connectivity index (χ3n) is 3.68. The molecule has 110 valence electrons. The van der Waals surface area contributed by atoms with E-state index >= 15 is 0 Å². The summed E-state index contributed by atoms with van der Waals surface area (Å²) in [5.74, 6) is -0.0915. The highest BCUT2D eigenvalue weighted by Gasteiger charge is 2.24. The minimum atomic E-state index is -0.307. The van der Waals surface area contributed by atoms with Crippen molar-refractivity contribution in [3.05, 3.63) is 0 Å². The highest BCUT2D eigenvalue weighted by molar-refractivity contribution is 5.77. The van der Waals surface area contributed by atoms with Crippen molar-refractivity contribution in [3.63, 3.8) is 0 Å². The van der Waals surface area contributed by atoms with E-state index < -0.39 is 0 Å². The molecule has 1 unspecified atom stereocenters. The van der Waals surface area contributed by atoms with Gasteiger partial charge in [-0.25, -0.2) is 0 Å². The summed E-state index contributed by atoms with van der Waals surface area (Å²) in [6.07, 6.45) is 6.85. The predicted molar refractivity (Wildman–Crippen MR) is 72.6 cm³/mol. The number of hydrogen-bond acceptors (Lipinski definition) is 4. The normalized spacial score (nSPS) is 17.2. The summed E-state index contributed by atoms with van der Waals surface area (Å²) in [5, 5.41) is 0. The van der Waals surface area contributed by atoms with Crippen molar-refractivity contribution in [2.75, 3.05) is 6.61 Å². The molecule has 0 heterocycles. The summed E-state index contributed by atoms with van der Waals surface area (Å²) in [6, 6.07) is 0. The average molecular weight is 270 g/mol. The van der Waals surface area contributed by atoms with Crippen LogP contribution in [0.4, 0.5) is 0 Å². The lowest BCUT2D eigenvalue weighted by Crippen LogP contribution is -2.22. The SMILES string of the molecule is CCCCOC(=O)CCC(=O)OC(C)C1CCCC1. The molecular weight excluding hydrogens is 244 g/mol. The molecule has 1 rings (SSSR count). The molecule has 0 aromatic rings. The number of carbonyl (C=O) groups is 2. The standard InChI is InChI=1S/C15H26O4/c1-3-4-11-18-14(16)9-10-15(17)19-12(2)13-7-5-6-8-13/h12-13H,3-11H2,1-2H3. The topological polar surface area (TPSA) is 52.6 Å². The molecule has 1 fully saturated rings. The molecule has 1 aliphatic carbocycles. The molecule has 0 spiro atoms. The van der Waals surface area contributed by atoms with E-state index in [1.807, 2.05) is 13.8 Å². The van der Waals surface area contributed by atoms with Gasteiger partial charge < -0.3 is 9.47 Å². The van der Waals surface area contributed by atoms with Crippen molar-refractivity contribution >= 4 is 11.9 Å². The Bertz CT molecular complexity index is 282. The Morgan fingerprint density at radius 1 is 1.16 bits per heavy atom. The largest absolute Gasteiger partial charge is 0.466 e. The van der Waals surface area contributed by atoms with Gasteiger partial charge in [0.15, 0.2) is 0 Å². The van der Waals surface area contributed by atoms with Gasteiger partial charge in [0.25, 0.3) is 0 Å². The van der Waals surface area contributed by atoms with Gasteiger partial charge in [-0.05, 0) is 32.1 Å². The van der Waals surface area contributed by atoms with Crippen LogP contribution in [0.1, 0.15) is 65.2 Å². The Kier molecular flexibility index (Phi) is 7.53. The first-order valence-electron chi connectivity index (χ1n) is 7.48. The highest BCUT2D eigenvalue weighted by atomic mass is 16.5. The Morgan fingerprint density at radius 3 is 2.42 bits per heavy atom. The summed E-state index contributed by atoms with van der Waals surface area (Å²) in [7, 11) is 0. The molecule has 0 N–H and O–H groups in total. The van der Waals surface area contributed by atoms with Crippen molar-refractivity contribution < 1.29 is 19.1 Å². The molecule has 0 amide bonds. The minimum absolute atomic E-state index is 0.0221. The second-order valence-electron chi connectivity index (χ2n) is 5.31. The van der Waals surface area contributed by atoms with Crippen molar-refractivity contribution in [1.82, 2.24) is 0 Å². The molecule has 4 nitrogen and oxygen atoms in total. The summed E-state index contributed by atoms with van der Waals surface area (Å²) in [4.78, 5) is 22.9. The first-order chi connectivity index (χ1) is 9.13. The van der Waals surface area contributed by atoms with E-state index in [0.717, 1.165) is 25.7 Å². The first-order valence-corrected chi connectivity index (χ1v) is 7.48. The smallest absolute Gasteiger partial charge is 0.306 e. The van der Waals surface area contributed by atoms with Gasteiger partial charge in [-0.2, -0.15) is 0 Å². The highest BCUT2D eigenvalue weighted by Crippen LogP contribution is 2.29. The van der Waals surface area contributed by atoms with Crippen LogP contribution in [0.5, 0.6) is 0 Å². The fourth-order valence-corrected chi connectivity index (χ4v) is 2.40. The predicted octanol–water partition coefficient (Wildman–Crippen LogP) is 3.23. The van der Waals surface area contributed by atoms with Gasteiger partial charge in [-0.1, -0.05) is 26.2 Å². The Balaban J connectivity index is 2.11. The molecular formula is C15H26O4. The molecule has 0 radical (unpaired) electrons. The van der Waals surface area contributed by atoms with Gasteiger partial charge in [0.1, 0.15) is 6.10 Å². The first kappa shape index (κ1) is 16.0. The summed E-state index contributed by atoms with van der Waals surface area (Å²) in [5.41, 5.74) is 0. The van der Waals surface area contributed by atoms with E-state index in [4.69, 9.17) is 9.47 Å². The fraction of sp³-hybridized carbons (Fsp3) is 0.867. The van der Waals surface area contributed by atoms with Crippen LogP contribution in [-0.4, -0.2) is 24.6 Å². The van der Waals surface area contributed by atoms with Gasteiger partial charge in [0.05, 0.1) is 19.4 Å². The van der Waals surface area contributed by atoms with Crippen LogP contribution in [0.3, 0.4) is 0 Å². The van der Waals surface area contributed by atoms with Gasteiger partial charge >= 0.3 is 11.9 Å². The molecule has 1 saturated carbocycles. The molecule has 1 atom stereocenters. The number of esters is 2. The maximum absolute atomic E-state index is 11.6. The van der Waals surface area contributed by atoms with Crippen LogP contribution >= 0.6 is 0 Å². The maximum atomic E-state index is 11.6. The molecule has 4 heteroatoms. The lowest BCUT2D eigenvalue weighted by molar-refractivity contribution is -0.154. The van der Waals surface area contributed by atoms with Crippen LogP contribution in [-0.2, 0) is 19.1 Å². The van der Waals surface area contributed by atoms with Crippen LogP contribution in [0.15, 0.2) is 0 Å². The number of carbonyl (C=O) groups excluding carboxylic acids is 2. The lowest BCUT2D eigenvalue weighted by atomic mass is 10.0. The molecule has 1 aliphatic rings. The minimum Gasteiger partial charge on any atom is -0.466 e. The monoisotopic (exact) mass is 270 g/mol. The van der Waals surface area contributed by atoms with Crippen molar-refractivity contribution in [2.24, 2.45) is 5.92 Å². The summed E-state index contributed by atoms with van der Waals surface area (Å²) in [6.45, 7) is 4.44. The van der Waals surface area contributed by atoms with E-state index in [1.165, 1.54) is 12.8 Å². The molecule has 19 heavy (non-hydrogen) atoms. The second kappa shape index (κ2) is 8.94. The van der Waals surface area contributed by atoms with Gasteiger partial charge in [0.2, 0.25) is 0 Å². The van der Waals surface area contributed by atoms with Crippen LogP contribution in [0.2, 0.25) is 0 Å². The van der Waals surface area contributed by atoms with Crippen molar-refractivity contribution in [2.45, 2.75) is 71.3 Å². The third-order valence-corrected chi connectivity index (χ3v) is 3.68. The number of rotatable bonds is 8. The zero-order chi connectivity index (χ0) is 14.1. The number of unbranched alkanes of at least 4 members (excludes halogenated alkanes) is 1. The quantitative estimate of drug-likeness (QED) is 0.502.